The van der Waals surface area contributed by atoms with Crippen LogP contribution in [-0.2, 0) is 6.61 Å². The minimum Gasteiger partial charge on any atom is -0.493 e. The van der Waals surface area contributed by atoms with Crippen LogP contribution in [0.2, 0.25) is 5.02 Å². The molecule has 43 heavy (non-hydrogen) atoms. The molecule has 0 saturated heterocycles. The molecule has 0 aromatic heterocycles. The third-order valence-electron chi connectivity index (χ3n) is 6.61. The summed E-state index contributed by atoms with van der Waals surface area (Å²) in [6.07, 6.45) is 0. The Morgan fingerprint density at radius 1 is 1.09 bits per heavy atom. The number of methoxy groups -OCH3 is 1. The molecule has 0 spiro atoms. The van der Waals surface area contributed by atoms with Gasteiger partial charge in [-0.2, -0.15) is 5.26 Å². The Morgan fingerprint density at radius 2 is 1.86 bits per heavy atom. The van der Waals surface area contributed by atoms with Crippen molar-refractivity contribution in [3.8, 4) is 29.1 Å². The number of hydrogen-bond donors (Lipinski definition) is 1. The minimum absolute atomic E-state index is 0.0187. The predicted octanol–water partition coefficient (Wildman–Crippen LogP) is 6.41. The lowest BCUT2D eigenvalue weighted by Gasteiger charge is -2.27. The van der Waals surface area contributed by atoms with Gasteiger partial charge in [-0.05, 0) is 47.5 Å². The number of carbonyl (C=O) groups excluding carboxylic acids is 1. The van der Waals surface area contributed by atoms with E-state index in [0.29, 0.717) is 22.6 Å². The fraction of sp³-hybridized carbons (Fsp3) is 0.0968. The number of hydrogen-bond acceptors (Lipinski definition) is 9. The van der Waals surface area contributed by atoms with Gasteiger partial charge < -0.3 is 24.7 Å². The molecule has 1 aliphatic rings. The molecule has 1 unspecified atom stereocenters. The molecule has 0 aliphatic carbocycles. The van der Waals surface area contributed by atoms with Gasteiger partial charge in [-0.3, -0.25) is 10.1 Å². The van der Waals surface area contributed by atoms with Crippen molar-refractivity contribution in [2.75, 3.05) is 7.11 Å². The largest absolute Gasteiger partial charge is 0.493 e. The van der Waals surface area contributed by atoms with Crippen LogP contribution in [0.4, 0.5) is 10.1 Å². The summed E-state index contributed by atoms with van der Waals surface area (Å²) in [6.45, 7) is 0.176. The molecule has 1 heterocycles. The van der Waals surface area contributed by atoms with Gasteiger partial charge in [0.25, 0.3) is 5.69 Å². The van der Waals surface area contributed by atoms with Crippen LogP contribution in [0, 0.1) is 27.3 Å². The number of non-ortho nitro benzene ring substituents is 1. The standard InChI is InChI=1S/C31H21ClFN3O7/c1-40-28-12-18(4-11-26(28)41-16-17-2-5-19(33)6-3-17)29-22-9-8-21(14-27(22)43-30(35)24(29)15-34)42-31(37)23-13-20(36(38)39)7-10-25(23)32/h2-14,29H,16,35H2,1H3. The molecule has 216 valence electrons. The molecule has 2 N–H and O–H groups in total. The zero-order valence-electron chi connectivity index (χ0n) is 22.4. The third-order valence-corrected chi connectivity index (χ3v) is 6.94. The monoisotopic (exact) mass is 601 g/mol. The van der Waals surface area contributed by atoms with E-state index in [0.717, 1.165) is 11.6 Å². The third kappa shape index (κ3) is 6.05. The summed E-state index contributed by atoms with van der Waals surface area (Å²) in [5.74, 6) is -0.954. The number of halogens is 2. The first-order chi connectivity index (χ1) is 20.7. The number of nitrogens with zero attached hydrogens (tertiary/aromatic N) is 2. The van der Waals surface area contributed by atoms with Gasteiger partial charge in [-0.1, -0.05) is 35.9 Å². The highest BCUT2D eigenvalue weighted by molar-refractivity contribution is 6.33. The summed E-state index contributed by atoms with van der Waals surface area (Å²) in [7, 11) is 1.48. The fourth-order valence-corrected chi connectivity index (χ4v) is 4.71. The maximum absolute atomic E-state index is 13.2. The van der Waals surface area contributed by atoms with Gasteiger partial charge >= 0.3 is 5.97 Å². The van der Waals surface area contributed by atoms with E-state index in [2.05, 4.69) is 6.07 Å². The van der Waals surface area contributed by atoms with E-state index in [9.17, 15) is 24.6 Å². The van der Waals surface area contributed by atoms with Crippen molar-refractivity contribution < 1.29 is 33.1 Å². The summed E-state index contributed by atoms with van der Waals surface area (Å²) in [5, 5.41) is 21.0. The fourth-order valence-electron chi connectivity index (χ4n) is 4.51. The molecule has 4 aromatic carbocycles. The van der Waals surface area contributed by atoms with Gasteiger partial charge in [-0.15, -0.1) is 0 Å². The second kappa shape index (κ2) is 12.1. The number of nitrogens with two attached hydrogens (primary N) is 1. The first-order valence-corrected chi connectivity index (χ1v) is 13.0. The SMILES string of the molecule is COc1cc(C2C(C#N)=C(N)Oc3cc(OC(=O)c4cc([N+](=O)[O-])ccc4Cl)ccc32)ccc1OCc1ccc(F)cc1. The van der Waals surface area contributed by atoms with Crippen molar-refractivity contribution >= 4 is 23.3 Å². The number of esters is 1. The summed E-state index contributed by atoms with van der Waals surface area (Å²) in [6, 6.07) is 21.2. The average Bonchev–Trinajstić information content (AvgIpc) is 3.00. The van der Waals surface area contributed by atoms with Gasteiger partial charge in [-0.25, -0.2) is 9.18 Å². The Bertz CT molecular complexity index is 1820. The highest BCUT2D eigenvalue weighted by atomic mass is 35.5. The van der Waals surface area contributed by atoms with Crippen LogP contribution in [0.25, 0.3) is 0 Å². The van der Waals surface area contributed by atoms with Crippen LogP contribution in [0.1, 0.15) is 33.0 Å². The van der Waals surface area contributed by atoms with Crippen LogP contribution in [0.3, 0.4) is 0 Å². The van der Waals surface area contributed by atoms with Crippen molar-refractivity contribution in [2.24, 2.45) is 5.73 Å². The van der Waals surface area contributed by atoms with Gasteiger partial charge in [0.1, 0.15) is 35.6 Å². The number of allylic oxidation sites excluding steroid dienone is 1. The number of ether oxygens (including phenoxy) is 4. The normalized spacial score (nSPS) is 13.8. The first kappa shape index (κ1) is 28.9. The van der Waals surface area contributed by atoms with E-state index in [1.54, 1.807) is 36.4 Å². The molecular formula is C31H21ClFN3O7. The average molecular weight is 602 g/mol. The number of nitro groups is 1. The van der Waals surface area contributed by atoms with E-state index in [1.807, 2.05) is 0 Å². The Balaban J connectivity index is 1.43. The van der Waals surface area contributed by atoms with Crippen LogP contribution in [-0.4, -0.2) is 18.0 Å². The Hall–Kier alpha value is -5.60. The van der Waals surface area contributed by atoms with Gasteiger partial charge in [0.15, 0.2) is 11.5 Å². The van der Waals surface area contributed by atoms with Gasteiger partial charge in [0.2, 0.25) is 5.88 Å². The molecule has 4 aromatic rings. The van der Waals surface area contributed by atoms with Gasteiger partial charge in [0, 0.05) is 23.8 Å². The van der Waals surface area contributed by atoms with Crippen molar-refractivity contribution in [2.45, 2.75) is 12.5 Å². The van der Waals surface area contributed by atoms with Gasteiger partial charge in [0.05, 0.1) is 28.5 Å². The van der Waals surface area contributed by atoms with Crippen LogP contribution >= 0.6 is 11.6 Å². The van der Waals surface area contributed by atoms with Crippen LogP contribution in [0.15, 0.2) is 90.3 Å². The maximum atomic E-state index is 13.2. The molecule has 10 nitrogen and oxygen atoms in total. The molecule has 0 amide bonds. The van der Waals surface area contributed by atoms with Crippen molar-refractivity contribution in [3.63, 3.8) is 0 Å². The summed E-state index contributed by atoms with van der Waals surface area (Å²) >= 11 is 6.07. The topological polar surface area (TPSA) is 147 Å². The molecule has 5 rings (SSSR count). The number of nitro benzene ring substituents is 1. The van der Waals surface area contributed by atoms with E-state index in [4.69, 9.17) is 36.3 Å². The Labute approximate surface area is 249 Å². The maximum Gasteiger partial charge on any atom is 0.345 e. The molecule has 0 radical (unpaired) electrons. The van der Waals surface area contributed by atoms with Crippen molar-refractivity contribution in [1.29, 1.82) is 5.26 Å². The highest BCUT2D eigenvalue weighted by Crippen LogP contribution is 2.45. The lowest BCUT2D eigenvalue weighted by Crippen LogP contribution is -2.21. The second-order valence-electron chi connectivity index (χ2n) is 9.26. The lowest BCUT2D eigenvalue weighted by atomic mass is 9.83. The predicted molar refractivity (Wildman–Crippen MR) is 153 cm³/mol. The molecule has 12 heteroatoms. The quantitative estimate of drug-likeness (QED) is 0.105. The smallest absolute Gasteiger partial charge is 0.345 e. The molecule has 0 fully saturated rings. The summed E-state index contributed by atoms with van der Waals surface area (Å²) in [5.41, 5.74) is 7.73. The van der Waals surface area contributed by atoms with Crippen LogP contribution < -0.4 is 24.7 Å². The number of rotatable bonds is 8. The highest BCUT2D eigenvalue weighted by Gasteiger charge is 2.32. The number of fused-ring (bicyclic) bond motifs is 1. The number of nitriles is 1. The summed E-state index contributed by atoms with van der Waals surface area (Å²) in [4.78, 5) is 23.3. The number of carbonyl (C=O) groups is 1. The zero-order chi connectivity index (χ0) is 30.7. The molecular weight excluding hydrogens is 581 g/mol. The van der Waals surface area contributed by atoms with Crippen LogP contribution in [0.5, 0.6) is 23.0 Å². The number of benzene rings is 4. The minimum atomic E-state index is -0.914. The van der Waals surface area contributed by atoms with E-state index >= 15 is 0 Å². The first-order valence-electron chi connectivity index (χ1n) is 12.6. The zero-order valence-corrected chi connectivity index (χ0v) is 23.1. The van der Waals surface area contributed by atoms with E-state index in [1.165, 1.54) is 43.5 Å². The summed E-state index contributed by atoms with van der Waals surface area (Å²) < 4.78 is 35.8. The second-order valence-corrected chi connectivity index (χ2v) is 9.67. The molecule has 0 saturated carbocycles. The Morgan fingerprint density at radius 3 is 2.56 bits per heavy atom. The molecule has 1 aliphatic heterocycles. The molecule has 0 bridgehead atoms. The Kier molecular flexibility index (Phi) is 8.14. The van der Waals surface area contributed by atoms with E-state index < -0.39 is 16.8 Å². The van der Waals surface area contributed by atoms with Crippen molar-refractivity contribution in [1.82, 2.24) is 0 Å². The lowest BCUT2D eigenvalue weighted by molar-refractivity contribution is -0.384. The molecule has 1 atom stereocenters. The van der Waals surface area contributed by atoms with E-state index in [-0.39, 0.29) is 51.7 Å². The van der Waals surface area contributed by atoms with Crippen molar-refractivity contribution in [3.05, 3.63) is 134 Å².